The minimum Gasteiger partial charge on any atom is -0.384 e. The Morgan fingerprint density at radius 1 is 1.20 bits per heavy atom. The topological polar surface area (TPSA) is 73.0 Å². The summed E-state index contributed by atoms with van der Waals surface area (Å²) >= 11 is 0. The Balaban J connectivity index is 0.000000262. The van der Waals surface area contributed by atoms with Gasteiger partial charge in [-0.25, -0.2) is 4.98 Å². The average molecular weight is 208 g/mol. The Morgan fingerprint density at radius 2 is 1.73 bits per heavy atom. The number of rotatable bonds is 3. The van der Waals surface area contributed by atoms with Gasteiger partial charge < -0.3 is 15.3 Å². The van der Waals surface area contributed by atoms with Gasteiger partial charge in [0.2, 0.25) is 0 Å². The highest BCUT2D eigenvalue weighted by atomic mass is 16.1. The number of hydrogen-bond acceptors (Lipinski definition) is 4. The van der Waals surface area contributed by atoms with Gasteiger partial charge in [0, 0.05) is 19.0 Å². The molecule has 82 valence electrons. The summed E-state index contributed by atoms with van der Waals surface area (Å²) in [6.45, 7) is 2.98. The Morgan fingerprint density at radius 3 is 1.93 bits per heavy atom. The van der Waals surface area contributed by atoms with Crippen LogP contribution >= 0.6 is 0 Å². The van der Waals surface area contributed by atoms with Crippen LogP contribution in [0.2, 0.25) is 0 Å². The third-order valence-corrected chi connectivity index (χ3v) is 1.52. The van der Waals surface area contributed by atoms with Crippen molar-refractivity contribution < 1.29 is 9.59 Å². The van der Waals surface area contributed by atoms with E-state index in [9.17, 15) is 9.59 Å². The standard InChI is InChI=1S/C6H10O2.C5H6N2/c1-5(7)3-4-6(2)8;6-5-3-1-2-4-7-5/h3-4H2,1-2H3;1-4H,(H2,6,7). The van der Waals surface area contributed by atoms with E-state index >= 15 is 0 Å². The summed E-state index contributed by atoms with van der Waals surface area (Å²) in [5, 5.41) is 0. The molecule has 0 saturated carbocycles. The molecule has 1 aromatic rings. The second-order valence-electron chi connectivity index (χ2n) is 3.16. The monoisotopic (exact) mass is 208 g/mol. The smallest absolute Gasteiger partial charge is 0.130 e. The van der Waals surface area contributed by atoms with Gasteiger partial charge in [0.05, 0.1) is 0 Å². The molecular weight excluding hydrogens is 192 g/mol. The number of carbonyl (C=O) groups excluding carboxylic acids is 2. The fourth-order valence-corrected chi connectivity index (χ4v) is 0.728. The molecule has 0 aliphatic rings. The highest BCUT2D eigenvalue weighted by Crippen LogP contribution is 1.90. The van der Waals surface area contributed by atoms with Crippen molar-refractivity contribution in [2.75, 3.05) is 5.73 Å². The molecule has 0 fully saturated rings. The molecule has 0 aliphatic carbocycles. The molecule has 15 heavy (non-hydrogen) atoms. The van der Waals surface area contributed by atoms with Crippen LogP contribution in [0, 0.1) is 0 Å². The van der Waals surface area contributed by atoms with Crippen LogP contribution < -0.4 is 5.73 Å². The Hall–Kier alpha value is -1.71. The van der Waals surface area contributed by atoms with Crippen LogP contribution in [0.15, 0.2) is 24.4 Å². The molecule has 0 radical (unpaired) electrons. The van der Waals surface area contributed by atoms with Gasteiger partial charge in [-0.1, -0.05) is 6.07 Å². The third kappa shape index (κ3) is 10.2. The molecule has 0 bridgehead atoms. The van der Waals surface area contributed by atoms with E-state index in [1.807, 2.05) is 12.1 Å². The van der Waals surface area contributed by atoms with E-state index in [0.29, 0.717) is 18.7 Å². The summed E-state index contributed by atoms with van der Waals surface area (Å²) < 4.78 is 0. The molecule has 0 aliphatic heterocycles. The van der Waals surface area contributed by atoms with Gasteiger partial charge in [0.1, 0.15) is 17.4 Å². The van der Waals surface area contributed by atoms with Crippen LogP contribution in [0.4, 0.5) is 5.82 Å². The first-order valence-electron chi connectivity index (χ1n) is 4.67. The number of Topliss-reactive ketones (excluding diaryl/α,β-unsaturated/α-hetero) is 2. The first-order chi connectivity index (χ1) is 7.02. The molecule has 0 amide bonds. The lowest BCUT2D eigenvalue weighted by Crippen LogP contribution is -1.95. The van der Waals surface area contributed by atoms with Crippen molar-refractivity contribution in [3.8, 4) is 0 Å². The summed E-state index contributed by atoms with van der Waals surface area (Å²) in [6, 6.07) is 5.43. The van der Waals surface area contributed by atoms with Gasteiger partial charge in [-0.3, -0.25) is 0 Å². The molecule has 1 aromatic heterocycles. The molecule has 0 atom stereocenters. The largest absolute Gasteiger partial charge is 0.384 e. The highest BCUT2D eigenvalue weighted by Gasteiger charge is 1.95. The molecule has 4 nitrogen and oxygen atoms in total. The molecule has 2 N–H and O–H groups in total. The van der Waals surface area contributed by atoms with Crippen molar-refractivity contribution in [3.05, 3.63) is 24.4 Å². The van der Waals surface area contributed by atoms with Crippen LogP contribution in [-0.2, 0) is 9.59 Å². The SMILES string of the molecule is CC(=O)CCC(C)=O.Nc1ccccn1. The number of hydrogen-bond donors (Lipinski definition) is 1. The Kier molecular flexibility index (Phi) is 6.80. The fraction of sp³-hybridized carbons (Fsp3) is 0.364. The van der Waals surface area contributed by atoms with Crippen LogP contribution in [0.25, 0.3) is 0 Å². The quantitative estimate of drug-likeness (QED) is 0.819. The second-order valence-corrected chi connectivity index (χ2v) is 3.16. The van der Waals surface area contributed by atoms with E-state index in [0.717, 1.165) is 0 Å². The Bertz CT molecular complexity index is 296. The molecule has 0 unspecified atom stereocenters. The number of anilines is 1. The highest BCUT2D eigenvalue weighted by molar-refractivity contribution is 5.83. The maximum atomic E-state index is 10.2. The summed E-state index contributed by atoms with van der Waals surface area (Å²) in [7, 11) is 0. The molecule has 0 aromatic carbocycles. The molecule has 4 heteroatoms. The van der Waals surface area contributed by atoms with Crippen LogP contribution in [0.5, 0.6) is 0 Å². The van der Waals surface area contributed by atoms with Crippen molar-refractivity contribution in [3.63, 3.8) is 0 Å². The number of pyridine rings is 1. The maximum Gasteiger partial charge on any atom is 0.130 e. The van der Waals surface area contributed by atoms with E-state index in [4.69, 9.17) is 5.73 Å². The fourth-order valence-electron chi connectivity index (χ4n) is 0.728. The minimum absolute atomic E-state index is 0.0835. The molecule has 0 saturated heterocycles. The summed E-state index contributed by atoms with van der Waals surface area (Å²) in [4.78, 5) is 24.1. The minimum atomic E-state index is 0.0835. The number of aromatic nitrogens is 1. The average Bonchev–Trinajstić information content (AvgIpc) is 2.17. The van der Waals surface area contributed by atoms with Crippen molar-refractivity contribution in [2.24, 2.45) is 0 Å². The number of nitrogen functional groups attached to an aromatic ring is 1. The summed E-state index contributed by atoms with van der Waals surface area (Å²) in [6.07, 6.45) is 2.46. The van der Waals surface area contributed by atoms with Crippen LogP contribution in [-0.4, -0.2) is 16.6 Å². The Labute approximate surface area is 89.5 Å². The lowest BCUT2D eigenvalue weighted by molar-refractivity contribution is -0.122. The zero-order chi connectivity index (χ0) is 11.7. The van der Waals surface area contributed by atoms with Gasteiger partial charge >= 0.3 is 0 Å². The number of carbonyl (C=O) groups is 2. The molecule has 1 heterocycles. The lowest BCUT2D eigenvalue weighted by atomic mass is 10.2. The van der Waals surface area contributed by atoms with E-state index in [2.05, 4.69) is 4.98 Å². The van der Waals surface area contributed by atoms with Crippen molar-refractivity contribution >= 4 is 17.4 Å². The predicted molar refractivity (Wildman–Crippen MR) is 59.2 cm³/mol. The number of nitrogens with two attached hydrogens (primary N) is 1. The van der Waals surface area contributed by atoms with Gasteiger partial charge in [0.15, 0.2) is 0 Å². The van der Waals surface area contributed by atoms with E-state index < -0.39 is 0 Å². The molecule has 1 rings (SSSR count). The van der Waals surface area contributed by atoms with E-state index in [-0.39, 0.29) is 11.6 Å². The zero-order valence-corrected chi connectivity index (χ0v) is 9.06. The predicted octanol–water partition coefficient (Wildman–Crippen LogP) is 1.61. The maximum absolute atomic E-state index is 10.2. The lowest BCUT2D eigenvalue weighted by Gasteiger charge is -1.86. The van der Waals surface area contributed by atoms with Gasteiger partial charge in [-0.05, 0) is 26.0 Å². The third-order valence-electron chi connectivity index (χ3n) is 1.52. The first-order valence-corrected chi connectivity index (χ1v) is 4.67. The van der Waals surface area contributed by atoms with E-state index in [1.54, 1.807) is 12.3 Å². The summed E-state index contributed by atoms with van der Waals surface area (Å²) in [5.41, 5.74) is 5.25. The van der Waals surface area contributed by atoms with Gasteiger partial charge in [0.25, 0.3) is 0 Å². The number of ketones is 2. The van der Waals surface area contributed by atoms with Gasteiger partial charge in [-0.2, -0.15) is 0 Å². The zero-order valence-electron chi connectivity index (χ0n) is 9.06. The molecule has 0 spiro atoms. The van der Waals surface area contributed by atoms with Crippen LogP contribution in [0.3, 0.4) is 0 Å². The van der Waals surface area contributed by atoms with Crippen molar-refractivity contribution in [1.29, 1.82) is 0 Å². The second kappa shape index (κ2) is 7.67. The molecular formula is C11H16N2O2. The number of nitrogens with zero attached hydrogens (tertiary/aromatic N) is 1. The van der Waals surface area contributed by atoms with Gasteiger partial charge in [-0.15, -0.1) is 0 Å². The van der Waals surface area contributed by atoms with Crippen molar-refractivity contribution in [2.45, 2.75) is 26.7 Å². The van der Waals surface area contributed by atoms with Crippen LogP contribution in [0.1, 0.15) is 26.7 Å². The van der Waals surface area contributed by atoms with Crippen molar-refractivity contribution in [1.82, 2.24) is 4.98 Å². The van der Waals surface area contributed by atoms with E-state index in [1.165, 1.54) is 13.8 Å². The first kappa shape index (κ1) is 13.3. The summed E-state index contributed by atoms with van der Waals surface area (Å²) in [5.74, 6) is 0.739. The normalized spacial score (nSPS) is 8.67.